The zero-order valence-electron chi connectivity index (χ0n) is 11.4. The molecule has 0 spiro atoms. The monoisotopic (exact) mass is 292 g/mol. The summed E-state index contributed by atoms with van der Waals surface area (Å²) in [6.45, 7) is 3.20. The fourth-order valence-corrected chi connectivity index (χ4v) is 3.44. The summed E-state index contributed by atoms with van der Waals surface area (Å²) < 4.78 is 23.5. The van der Waals surface area contributed by atoms with Gasteiger partial charge in [-0.1, -0.05) is 24.0 Å². The van der Waals surface area contributed by atoms with Gasteiger partial charge in [-0.15, -0.1) is 0 Å². The number of amides is 1. The lowest BCUT2D eigenvalue weighted by Crippen LogP contribution is -2.66. The summed E-state index contributed by atoms with van der Waals surface area (Å²) in [6, 6.07) is 7.07. The van der Waals surface area contributed by atoms with E-state index < -0.39 is 14.8 Å². The topological polar surface area (TPSA) is 80.5 Å². The van der Waals surface area contributed by atoms with Crippen LogP contribution in [0.3, 0.4) is 0 Å². The van der Waals surface area contributed by atoms with Gasteiger partial charge in [0.1, 0.15) is 0 Å². The van der Waals surface area contributed by atoms with E-state index >= 15 is 0 Å². The SMILES string of the molecule is CC1(C)C(=O)N(Cc2ccc(C#CCN)cc2)S1(=O)=O. The molecule has 0 bridgehead atoms. The van der Waals surface area contributed by atoms with Gasteiger partial charge in [0.2, 0.25) is 0 Å². The van der Waals surface area contributed by atoms with Gasteiger partial charge in [-0.3, -0.25) is 4.79 Å². The molecule has 1 aliphatic rings. The van der Waals surface area contributed by atoms with Crippen LogP contribution < -0.4 is 5.73 Å². The van der Waals surface area contributed by atoms with E-state index in [9.17, 15) is 13.2 Å². The zero-order chi connectivity index (χ0) is 15.0. The van der Waals surface area contributed by atoms with Crippen LogP contribution in [-0.4, -0.2) is 29.9 Å². The van der Waals surface area contributed by atoms with Crippen LogP contribution in [0.25, 0.3) is 0 Å². The molecule has 2 rings (SSSR count). The average molecular weight is 292 g/mol. The van der Waals surface area contributed by atoms with Crippen molar-refractivity contribution in [3.05, 3.63) is 35.4 Å². The van der Waals surface area contributed by atoms with Crippen molar-refractivity contribution in [1.29, 1.82) is 0 Å². The largest absolute Gasteiger partial charge is 0.320 e. The number of rotatable bonds is 2. The lowest BCUT2D eigenvalue weighted by molar-refractivity contribution is -0.132. The molecule has 0 unspecified atom stereocenters. The quantitative estimate of drug-likeness (QED) is 0.802. The van der Waals surface area contributed by atoms with Gasteiger partial charge in [-0.2, -0.15) is 0 Å². The van der Waals surface area contributed by atoms with Crippen molar-refractivity contribution in [1.82, 2.24) is 4.31 Å². The molecule has 1 aromatic rings. The molecule has 0 saturated carbocycles. The van der Waals surface area contributed by atoms with Crippen LogP contribution in [0.4, 0.5) is 0 Å². The van der Waals surface area contributed by atoms with Gasteiger partial charge in [-0.05, 0) is 31.5 Å². The highest BCUT2D eigenvalue weighted by Gasteiger charge is 2.59. The van der Waals surface area contributed by atoms with E-state index in [0.717, 1.165) is 15.4 Å². The highest BCUT2D eigenvalue weighted by molar-refractivity contribution is 7.94. The first-order valence-electron chi connectivity index (χ1n) is 6.15. The van der Waals surface area contributed by atoms with Crippen molar-refractivity contribution in [2.45, 2.75) is 25.1 Å². The first-order chi connectivity index (χ1) is 9.30. The Hall–Kier alpha value is -1.84. The molecule has 1 amide bonds. The van der Waals surface area contributed by atoms with Crippen LogP contribution in [0.15, 0.2) is 24.3 Å². The molecule has 1 aromatic carbocycles. The second-order valence-corrected chi connectivity index (χ2v) is 7.44. The van der Waals surface area contributed by atoms with Gasteiger partial charge in [0.15, 0.2) is 4.75 Å². The first-order valence-corrected chi connectivity index (χ1v) is 7.59. The Morgan fingerprint density at radius 1 is 1.25 bits per heavy atom. The molecule has 0 aromatic heterocycles. The maximum Gasteiger partial charge on any atom is 0.259 e. The van der Waals surface area contributed by atoms with E-state index in [1.807, 2.05) is 0 Å². The maximum atomic E-state index is 12.0. The highest BCUT2D eigenvalue weighted by Crippen LogP contribution is 2.35. The van der Waals surface area contributed by atoms with E-state index in [1.54, 1.807) is 24.3 Å². The van der Waals surface area contributed by atoms with Crippen molar-refractivity contribution >= 4 is 15.9 Å². The second kappa shape index (κ2) is 4.93. The van der Waals surface area contributed by atoms with E-state index in [2.05, 4.69) is 11.8 Å². The Kier molecular flexibility index (Phi) is 3.59. The Labute approximate surface area is 118 Å². The Morgan fingerprint density at radius 3 is 2.35 bits per heavy atom. The summed E-state index contributed by atoms with van der Waals surface area (Å²) in [4.78, 5) is 11.8. The molecule has 1 heterocycles. The average Bonchev–Trinajstić information content (AvgIpc) is 2.42. The van der Waals surface area contributed by atoms with Crippen LogP contribution in [0.2, 0.25) is 0 Å². The molecular formula is C14H16N2O3S. The zero-order valence-corrected chi connectivity index (χ0v) is 12.2. The van der Waals surface area contributed by atoms with E-state index in [-0.39, 0.29) is 19.0 Å². The molecular weight excluding hydrogens is 276 g/mol. The van der Waals surface area contributed by atoms with Crippen molar-refractivity contribution < 1.29 is 13.2 Å². The predicted molar refractivity (Wildman–Crippen MR) is 75.9 cm³/mol. The van der Waals surface area contributed by atoms with Gasteiger partial charge in [0.05, 0.1) is 13.1 Å². The van der Waals surface area contributed by atoms with Crippen molar-refractivity contribution in [3.8, 4) is 11.8 Å². The van der Waals surface area contributed by atoms with E-state index in [4.69, 9.17) is 5.73 Å². The van der Waals surface area contributed by atoms with E-state index in [1.165, 1.54) is 13.8 Å². The van der Waals surface area contributed by atoms with Crippen molar-refractivity contribution in [3.63, 3.8) is 0 Å². The fourth-order valence-electron chi connectivity index (χ4n) is 1.93. The van der Waals surface area contributed by atoms with Gasteiger partial charge in [-0.25, -0.2) is 12.7 Å². The second-order valence-electron chi connectivity index (χ2n) is 5.03. The number of nitrogens with two attached hydrogens (primary N) is 1. The number of benzene rings is 1. The van der Waals surface area contributed by atoms with Crippen LogP contribution >= 0.6 is 0 Å². The van der Waals surface area contributed by atoms with E-state index in [0.29, 0.717) is 0 Å². The van der Waals surface area contributed by atoms with Crippen molar-refractivity contribution in [2.24, 2.45) is 5.73 Å². The summed E-state index contributed by atoms with van der Waals surface area (Å²) in [7, 11) is -3.53. The molecule has 1 fully saturated rings. The van der Waals surface area contributed by atoms with Crippen LogP contribution in [-0.2, 0) is 21.4 Å². The predicted octanol–water partition coefficient (Wildman–Crippen LogP) is 0.447. The minimum atomic E-state index is -3.53. The number of hydrogen-bond acceptors (Lipinski definition) is 4. The molecule has 0 radical (unpaired) electrons. The van der Waals surface area contributed by atoms with Gasteiger partial charge < -0.3 is 5.73 Å². The number of hydrogen-bond donors (Lipinski definition) is 1. The summed E-state index contributed by atoms with van der Waals surface area (Å²) >= 11 is 0. The fraction of sp³-hybridized carbons (Fsp3) is 0.357. The van der Waals surface area contributed by atoms with Crippen LogP contribution in [0, 0.1) is 11.8 Å². The number of carbonyl (C=O) groups is 1. The molecule has 0 aliphatic carbocycles. The standard InChI is InChI=1S/C14H16N2O3S/c1-14(2)13(17)16(20(14,18)19)10-12-7-5-11(6-8-12)4-3-9-15/h5-8H,9-10,15H2,1-2H3. The molecule has 2 N–H and O–H groups in total. The molecule has 0 atom stereocenters. The van der Waals surface area contributed by atoms with Crippen molar-refractivity contribution in [2.75, 3.05) is 6.54 Å². The molecule has 1 saturated heterocycles. The molecule has 20 heavy (non-hydrogen) atoms. The van der Waals surface area contributed by atoms with Gasteiger partial charge in [0.25, 0.3) is 15.9 Å². The third-order valence-electron chi connectivity index (χ3n) is 3.29. The first kappa shape index (κ1) is 14.6. The third-order valence-corrected chi connectivity index (χ3v) is 5.63. The summed E-state index contributed by atoms with van der Waals surface area (Å²) in [5.74, 6) is 5.24. The summed E-state index contributed by atoms with van der Waals surface area (Å²) in [5.41, 5.74) is 6.83. The lowest BCUT2D eigenvalue weighted by Gasteiger charge is -2.43. The molecule has 6 heteroatoms. The Balaban J connectivity index is 2.15. The molecule has 5 nitrogen and oxygen atoms in total. The normalized spacial score (nSPS) is 18.9. The number of nitrogens with zero attached hydrogens (tertiary/aromatic N) is 1. The summed E-state index contributed by atoms with van der Waals surface area (Å²) in [6.07, 6.45) is 0. The number of carbonyl (C=O) groups excluding carboxylic acids is 1. The third kappa shape index (κ3) is 2.19. The Morgan fingerprint density at radius 2 is 1.85 bits per heavy atom. The van der Waals surface area contributed by atoms with Gasteiger partial charge >= 0.3 is 0 Å². The minimum absolute atomic E-state index is 0.0647. The van der Waals surface area contributed by atoms with Crippen LogP contribution in [0.1, 0.15) is 25.0 Å². The maximum absolute atomic E-state index is 12.0. The van der Waals surface area contributed by atoms with Gasteiger partial charge in [0, 0.05) is 5.56 Å². The summed E-state index contributed by atoms with van der Waals surface area (Å²) in [5, 5.41) is 0. The molecule has 106 valence electrons. The lowest BCUT2D eigenvalue weighted by atomic mass is 10.1. The van der Waals surface area contributed by atoms with Crippen LogP contribution in [0.5, 0.6) is 0 Å². The Bertz CT molecular complexity index is 694. The highest BCUT2D eigenvalue weighted by atomic mass is 32.2. The minimum Gasteiger partial charge on any atom is -0.320 e. The smallest absolute Gasteiger partial charge is 0.259 e. The number of sulfonamides is 1. The molecule has 1 aliphatic heterocycles.